The van der Waals surface area contributed by atoms with Crippen molar-refractivity contribution < 1.29 is 13.9 Å². The van der Waals surface area contributed by atoms with Gasteiger partial charge in [0.05, 0.1) is 18.9 Å². The van der Waals surface area contributed by atoms with Crippen LogP contribution in [0.15, 0.2) is 10.8 Å². The van der Waals surface area contributed by atoms with E-state index in [1.807, 2.05) is 0 Å². The number of oxazole rings is 1. The van der Waals surface area contributed by atoms with Gasteiger partial charge in [-0.25, -0.2) is 4.98 Å². The minimum atomic E-state index is -0.210. The molecule has 2 heterocycles. The number of carbonyl (C=O) groups excluding carboxylic acids is 1. The third-order valence-electron chi connectivity index (χ3n) is 2.53. The Morgan fingerprint density at radius 1 is 1.67 bits per heavy atom. The van der Waals surface area contributed by atoms with Crippen LogP contribution in [0, 0.1) is 12.3 Å². The van der Waals surface area contributed by atoms with Crippen LogP contribution in [0.3, 0.4) is 0 Å². The van der Waals surface area contributed by atoms with Crippen LogP contribution in [-0.4, -0.2) is 30.6 Å². The topological polar surface area (TPSA) is 64.4 Å². The van der Waals surface area contributed by atoms with Gasteiger partial charge >= 0.3 is 0 Å². The van der Waals surface area contributed by atoms with Crippen LogP contribution in [-0.2, 0) is 4.74 Å². The van der Waals surface area contributed by atoms with Gasteiger partial charge in [0.25, 0.3) is 5.91 Å². The first-order valence-corrected chi connectivity index (χ1v) is 4.87. The van der Waals surface area contributed by atoms with Crippen LogP contribution in [0.5, 0.6) is 0 Å². The van der Waals surface area contributed by atoms with Crippen LogP contribution in [0.2, 0.25) is 0 Å². The molecule has 0 aliphatic carbocycles. The molecule has 0 bridgehead atoms. The third kappa shape index (κ3) is 2.02. The van der Waals surface area contributed by atoms with Crippen LogP contribution >= 0.6 is 0 Å². The van der Waals surface area contributed by atoms with Crippen molar-refractivity contribution in [2.75, 3.05) is 19.8 Å². The van der Waals surface area contributed by atoms with Gasteiger partial charge in [-0.15, -0.1) is 0 Å². The van der Waals surface area contributed by atoms with E-state index in [2.05, 4.69) is 17.2 Å². The highest BCUT2D eigenvalue weighted by Crippen LogP contribution is 2.25. The summed E-state index contributed by atoms with van der Waals surface area (Å²) in [4.78, 5) is 15.5. The van der Waals surface area contributed by atoms with Gasteiger partial charge in [0.15, 0.2) is 6.39 Å². The van der Waals surface area contributed by atoms with Gasteiger partial charge in [-0.3, -0.25) is 4.79 Å². The summed E-state index contributed by atoms with van der Waals surface area (Å²) in [6.45, 7) is 5.81. The largest absolute Gasteiger partial charge is 0.438 e. The van der Waals surface area contributed by atoms with Gasteiger partial charge in [-0.05, 0) is 6.92 Å². The predicted octanol–water partition coefficient (Wildman–Crippen LogP) is 0.749. The predicted molar refractivity (Wildman–Crippen MR) is 52.5 cm³/mol. The number of aromatic nitrogens is 1. The molecule has 1 aromatic heterocycles. The number of rotatable bonds is 3. The molecule has 0 radical (unpaired) electrons. The number of amides is 1. The number of nitrogens with one attached hydrogen (secondary N) is 1. The van der Waals surface area contributed by atoms with E-state index < -0.39 is 0 Å². The van der Waals surface area contributed by atoms with Gasteiger partial charge in [0.1, 0.15) is 0 Å². The van der Waals surface area contributed by atoms with Crippen LogP contribution < -0.4 is 5.32 Å². The maximum atomic E-state index is 11.6. The maximum absolute atomic E-state index is 11.6. The highest BCUT2D eigenvalue weighted by molar-refractivity contribution is 5.92. The average molecular weight is 210 g/mol. The first-order valence-electron chi connectivity index (χ1n) is 4.87. The summed E-state index contributed by atoms with van der Waals surface area (Å²) in [6.07, 6.45) is 1.28. The number of carbonyl (C=O) groups is 1. The first kappa shape index (κ1) is 10.2. The summed E-state index contributed by atoms with van der Waals surface area (Å²) in [5.74, 6) is 0.0805. The second-order valence-electron chi connectivity index (χ2n) is 4.25. The van der Waals surface area contributed by atoms with Crippen molar-refractivity contribution in [2.45, 2.75) is 13.8 Å². The SMILES string of the molecule is Cc1ncoc1C(=O)NCC1(C)COC1. The lowest BCUT2D eigenvalue weighted by Crippen LogP contribution is -2.48. The van der Waals surface area contributed by atoms with Gasteiger partial charge in [0, 0.05) is 12.0 Å². The Morgan fingerprint density at radius 3 is 2.87 bits per heavy atom. The molecule has 0 saturated carbocycles. The fraction of sp³-hybridized carbons (Fsp3) is 0.600. The molecule has 5 heteroatoms. The molecule has 5 nitrogen and oxygen atoms in total. The maximum Gasteiger partial charge on any atom is 0.289 e. The molecular formula is C10H14N2O3. The van der Waals surface area contributed by atoms with Crippen LogP contribution in [0.4, 0.5) is 0 Å². The first-order chi connectivity index (χ1) is 7.11. The van der Waals surface area contributed by atoms with E-state index in [4.69, 9.17) is 9.15 Å². The number of aryl methyl sites for hydroxylation is 1. The lowest BCUT2D eigenvalue weighted by atomic mass is 9.89. The zero-order valence-corrected chi connectivity index (χ0v) is 8.87. The number of ether oxygens (including phenoxy) is 1. The Kier molecular flexibility index (Phi) is 2.48. The van der Waals surface area contributed by atoms with Crippen LogP contribution in [0.25, 0.3) is 0 Å². The molecule has 0 unspecified atom stereocenters. The van der Waals surface area contributed by atoms with Crippen molar-refractivity contribution in [2.24, 2.45) is 5.41 Å². The number of nitrogens with zero attached hydrogens (tertiary/aromatic N) is 1. The fourth-order valence-electron chi connectivity index (χ4n) is 1.45. The Balaban J connectivity index is 1.90. The average Bonchev–Trinajstić information content (AvgIpc) is 2.58. The van der Waals surface area contributed by atoms with E-state index in [0.717, 1.165) is 0 Å². The summed E-state index contributed by atoms with van der Waals surface area (Å²) in [5.41, 5.74) is 0.686. The zero-order valence-electron chi connectivity index (χ0n) is 8.87. The van der Waals surface area contributed by atoms with Crippen molar-refractivity contribution in [1.29, 1.82) is 0 Å². The second-order valence-corrected chi connectivity index (χ2v) is 4.25. The molecule has 0 atom stereocenters. The van der Waals surface area contributed by atoms with Gasteiger partial charge < -0.3 is 14.5 Å². The molecule has 15 heavy (non-hydrogen) atoms. The molecule has 1 amide bonds. The zero-order chi connectivity index (χ0) is 10.9. The molecule has 1 aliphatic heterocycles. The number of hydrogen-bond donors (Lipinski definition) is 1. The molecule has 1 aromatic rings. The van der Waals surface area contributed by atoms with E-state index in [1.165, 1.54) is 6.39 Å². The van der Waals surface area contributed by atoms with Crippen LogP contribution in [0.1, 0.15) is 23.2 Å². The summed E-state index contributed by atoms with van der Waals surface area (Å²) < 4.78 is 10.1. The van der Waals surface area contributed by atoms with E-state index in [0.29, 0.717) is 31.2 Å². The minimum absolute atomic E-state index is 0.0730. The van der Waals surface area contributed by atoms with Gasteiger partial charge in [-0.2, -0.15) is 0 Å². The lowest BCUT2D eigenvalue weighted by molar-refractivity contribution is -0.0978. The molecule has 1 aliphatic rings. The van der Waals surface area contributed by atoms with Crippen molar-refractivity contribution in [3.8, 4) is 0 Å². The summed E-state index contributed by atoms with van der Waals surface area (Å²) in [5, 5.41) is 2.82. The Hall–Kier alpha value is -1.36. The third-order valence-corrected chi connectivity index (χ3v) is 2.53. The van der Waals surface area contributed by atoms with Crippen molar-refractivity contribution in [3.05, 3.63) is 17.8 Å². The molecular weight excluding hydrogens is 196 g/mol. The van der Waals surface area contributed by atoms with Crippen molar-refractivity contribution >= 4 is 5.91 Å². The summed E-state index contributed by atoms with van der Waals surface area (Å²) in [7, 11) is 0. The Labute approximate surface area is 87.8 Å². The smallest absolute Gasteiger partial charge is 0.289 e. The van der Waals surface area contributed by atoms with E-state index >= 15 is 0 Å². The standard InChI is InChI=1S/C10H14N2O3/c1-7-8(15-6-12-7)9(13)11-3-10(2)4-14-5-10/h6H,3-5H2,1-2H3,(H,11,13). The molecule has 1 N–H and O–H groups in total. The van der Waals surface area contributed by atoms with E-state index in [9.17, 15) is 4.79 Å². The molecule has 1 saturated heterocycles. The summed E-state index contributed by atoms with van der Waals surface area (Å²) in [6, 6.07) is 0. The minimum Gasteiger partial charge on any atom is -0.438 e. The van der Waals surface area contributed by atoms with E-state index in [-0.39, 0.29) is 11.3 Å². The molecule has 0 aromatic carbocycles. The normalized spacial score (nSPS) is 18.3. The monoisotopic (exact) mass is 210 g/mol. The highest BCUT2D eigenvalue weighted by atomic mass is 16.5. The fourth-order valence-corrected chi connectivity index (χ4v) is 1.45. The molecule has 2 rings (SSSR count). The quantitative estimate of drug-likeness (QED) is 0.799. The van der Waals surface area contributed by atoms with Crippen molar-refractivity contribution in [1.82, 2.24) is 10.3 Å². The van der Waals surface area contributed by atoms with E-state index in [1.54, 1.807) is 6.92 Å². The second kappa shape index (κ2) is 3.66. The summed E-state index contributed by atoms with van der Waals surface area (Å²) >= 11 is 0. The Bertz CT molecular complexity index is 368. The van der Waals surface area contributed by atoms with Gasteiger partial charge in [-0.1, -0.05) is 6.92 Å². The highest BCUT2D eigenvalue weighted by Gasteiger charge is 2.33. The lowest BCUT2D eigenvalue weighted by Gasteiger charge is -2.37. The molecule has 82 valence electrons. The van der Waals surface area contributed by atoms with Crippen molar-refractivity contribution in [3.63, 3.8) is 0 Å². The molecule has 1 fully saturated rings. The van der Waals surface area contributed by atoms with Gasteiger partial charge in [0.2, 0.25) is 5.76 Å². The Morgan fingerprint density at radius 2 is 2.40 bits per heavy atom. The molecule has 0 spiro atoms. The number of hydrogen-bond acceptors (Lipinski definition) is 4.